The van der Waals surface area contributed by atoms with Gasteiger partial charge in [0.1, 0.15) is 6.04 Å². The molecule has 0 saturated carbocycles. The summed E-state index contributed by atoms with van der Waals surface area (Å²) in [6.07, 6.45) is 0. The fraction of sp³-hybridized carbons (Fsp3) is 0.364. The van der Waals surface area contributed by atoms with Gasteiger partial charge in [-0.1, -0.05) is 30.3 Å². The zero-order valence-corrected chi connectivity index (χ0v) is 9.46. The zero-order chi connectivity index (χ0) is 11.1. The van der Waals surface area contributed by atoms with E-state index < -0.39 is 12.0 Å². The smallest absolute Gasteiger partial charge is 0.321 e. The standard InChI is InChI=1S/C11H15NO2S/c1-12-10(11(13)14)8-15-7-9-5-3-2-4-6-9/h2-6,10,12H,7-8H2,1H3,(H,13,14)/t10-/m1/s1. The molecule has 3 nitrogen and oxygen atoms in total. The van der Waals surface area contributed by atoms with Crippen molar-refractivity contribution >= 4 is 17.7 Å². The summed E-state index contributed by atoms with van der Waals surface area (Å²) in [4.78, 5) is 10.7. The van der Waals surface area contributed by atoms with Gasteiger partial charge in [-0.3, -0.25) is 4.79 Å². The number of hydrogen-bond donors (Lipinski definition) is 2. The van der Waals surface area contributed by atoms with Crippen molar-refractivity contribution in [3.8, 4) is 0 Å². The summed E-state index contributed by atoms with van der Waals surface area (Å²) >= 11 is 1.62. The lowest BCUT2D eigenvalue weighted by Crippen LogP contribution is -2.36. The van der Waals surface area contributed by atoms with E-state index in [0.29, 0.717) is 5.75 Å². The second-order valence-electron chi connectivity index (χ2n) is 3.18. The van der Waals surface area contributed by atoms with Crippen LogP contribution in [0.25, 0.3) is 0 Å². The first-order valence-electron chi connectivity index (χ1n) is 4.75. The number of hydrogen-bond acceptors (Lipinski definition) is 3. The Morgan fingerprint density at radius 2 is 2.13 bits per heavy atom. The van der Waals surface area contributed by atoms with E-state index >= 15 is 0 Å². The highest BCUT2D eigenvalue weighted by molar-refractivity contribution is 7.98. The first-order valence-corrected chi connectivity index (χ1v) is 5.91. The molecular weight excluding hydrogens is 210 g/mol. The van der Waals surface area contributed by atoms with Gasteiger partial charge in [0.05, 0.1) is 0 Å². The quantitative estimate of drug-likeness (QED) is 0.772. The van der Waals surface area contributed by atoms with Gasteiger partial charge in [-0.25, -0.2) is 0 Å². The third kappa shape index (κ3) is 4.36. The zero-order valence-electron chi connectivity index (χ0n) is 8.64. The van der Waals surface area contributed by atoms with Crippen LogP contribution in [0.1, 0.15) is 5.56 Å². The third-order valence-electron chi connectivity index (χ3n) is 2.04. The van der Waals surface area contributed by atoms with Crippen LogP contribution in [0, 0.1) is 0 Å². The average molecular weight is 225 g/mol. The number of carboxylic acids is 1. The molecule has 0 fully saturated rings. The van der Waals surface area contributed by atoms with E-state index in [9.17, 15) is 4.79 Å². The molecule has 1 rings (SSSR count). The van der Waals surface area contributed by atoms with E-state index in [1.54, 1.807) is 18.8 Å². The number of nitrogens with one attached hydrogen (secondary N) is 1. The van der Waals surface area contributed by atoms with Gasteiger partial charge >= 0.3 is 5.97 Å². The molecule has 2 N–H and O–H groups in total. The minimum absolute atomic E-state index is 0.460. The van der Waals surface area contributed by atoms with Crippen LogP contribution in [-0.4, -0.2) is 29.9 Å². The Labute approximate surface area is 93.9 Å². The van der Waals surface area contributed by atoms with E-state index in [1.165, 1.54) is 5.56 Å². The third-order valence-corrected chi connectivity index (χ3v) is 3.15. The average Bonchev–Trinajstić information content (AvgIpc) is 2.25. The maximum atomic E-state index is 10.7. The Bertz CT molecular complexity index is 303. The number of thioether (sulfide) groups is 1. The summed E-state index contributed by atoms with van der Waals surface area (Å²) in [6, 6.07) is 9.58. The lowest BCUT2D eigenvalue weighted by Gasteiger charge is -2.10. The van der Waals surface area contributed by atoms with Crippen molar-refractivity contribution in [1.82, 2.24) is 5.32 Å². The summed E-state index contributed by atoms with van der Waals surface area (Å²) in [5.41, 5.74) is 1.22. The van der Waals surface area contributed by atoms with E-state index in [-0.39, 0.29) is 0 Å². The monoisotopic (exact) mass is 225 g/mol. The molecule has 0 spiro atoms. The molecule has 0 unspecified atom stereocenters. The molecule has 0 aliphatic rings. The Kier molecular flexibility index (Phi) is 5.21. The second kappa shape index (κ2) is 6.48. The SMILES string of the molecule is CN[C@H](CSCc1ccccc1)C(=O)O. The van der Waals surface area contributed by atoms with Crippen molar-refractivity contribution in [2.24, 2.45) is 0 Å². The van der Waals surface area contributed by atoms with Gasteiger partial charge in [-0.2, -0.15) is 11.8 Å². The number of rotatable bonds is 6. The Hall–Kier alpha value is -1.00. The van der Waals surface area contributed by atoms with Crippen LogP contribution in [0.15, 0.2) is 30.3 Å². The van der Waals surface area contributed by atoms with Crippen molar-refractivity contribution in [3.05, 3.63) is 35.9 Å². The predicted octanol–water partition coefficient (Wildman–Crippen LogP) is 1.59. The molecule has 0 aliphatic carbocycles. The minimum Gasteiger partial charge on any atom is -0.480 e. The van der Waals surface area contributed by atoms with Gasteiger partial charge in [-0.15, -0.1) is 0 Å². The van der Waals surface area contributed by atoms with Gasteiger partial charge in [0, 0.05) is 11.5 Å². The highest BCUT2D eigenvalue weighted by Gasteiger charge is 2.13. The van der Waals surface area contributed by atoms with Crippen molar-refractivity contribution in [2.75, 3.05) is 12.8 Å². The summed E-state index contributed by atoms with van der Waals surface area (Å²) < 4.78 is 0. The molecule has 0 aliphatic heterocycles. The molecular formula is C11H15NO2S. The molecule has 1 aromatic rings. The Morgan fingerprint density at radius 3 is 2.67 bits per heavy atom. The lowest BCUT2D eigenvalue weighted by molar-refractivity contribution is -0.138. The van der Waals surface area contributed by atoms with Crippen molar-refractivity contribution in [1.29, 1.82) is 0 Å². The van der Waals surface area contributed by atoms with Crippen LogP contribution in [0.2, 0.25) is 0 Å². The number of carbonyl (C=O) groups is 1. The van der Waals surface area contributed by atoms with Crippen molar-refractivity contribution in [3.63, 3.8) is 0 Å². The van der Waals surface area contributed by atoms with Crippen molar-refractivity contribution in [2.45, 2.75) is 11.8 Å². The summed E-state index contributed by atoms with van der Waals surface area (Å²) in [7, 11) is 1.67. The molecule has 82 valence electrons. The number of carboxylic acid groups (broad SMARTS) is 1. The van der Waals surface area contributed by atoms with Gasteiger partial charge < -0.3 is 10.4 Å². The molecule has 1 aromatic carbocycles. The van der Waals surface area contributed by atoms with Crippen LogP contribution in [0.4, 0.5) is 0 Å². The van der Waals surface area contributed by atoms with E-state index in [0.717, 1.165) is 5.75 Å². The fourth-order valence-corrected chi connectivity index (χ4v) is 2.24. The highest BCUT2D eigenvalue weighted by Crippen LogP contribution is 2.12. The molecule has 0 aromatic heterocycles. The largest absolute Gasteiger partial charge is 0.480 e. The molecule has 15 heavy (non-hydrogen) atoms. The van der Waals surface area contributed by atoms with Gasteiger partial charge in [0.2, 0.25) is 0 Å². The molecule has 0 amide bonds. The van der Waals surface area contributed by atoms with Crippen LogP contribution in [-0.2, 0) is 10.5 Å². The van der Waals surface area contributed by atoms with Crippen molar-refractivity contribution < 1.29 is 9.90 Å². The van der Waals surface area contributed by atoms with E-state index in [4.69, 9.17) is 5.11 Å². The van der Waals surface area contributed by atoms with Crippen LogP contribution in [0.3, 0.4) is 0 Å². The molecule has 0 bridgehead atoms. The Morgan fingerprint density at radius 1 is 1.47 bits per heavy atom. The van der Waals surface area contributed by atoms with Crippen LogP contribution in [0.5, 0.6) is 0 Å². The Balaban J connectivity index is 2.30. The van der Waals surface area contributed by atoms with E-state index in [2.05, 4.69) is 5.32 Å². The second-order valence-corrected chi connectivity index (χ2v) is 4.21. The number of likely N-dealkylation sites (N-methyl/N-ethyl adjacent to an activating group) is 1. The maximum absolute atomic E-state index is 10.7. The summed E-state index contributed by atoms with van der Waals surface area (Å²) in [6.45, 7) is 0. The normalized spacial score (nSPS) is 12.3. The first-order chi connectivity index (χ1) is 7.24. The van der Waals surface area contributed by atoms with Gasteiger partial charge in [0.25, 0.3) is 0 Å². The fourth-order valence-electron chi connectivity index (χ4n) is 1.15. The van der Waals surface area contributed by atoms with Crippen LogP contribution >= 0.6 is 11.8 Å². The molecule has 0 heterocycles. The summed E-state index contributed by atoms with van der Waals surface area (Å²) in [5, 5.41) is 11.6. The molecule has 4 heteroatoms. The predicted molar refractivity (Wildman–Crippen MR) is 63.1 cm³/mol. The first kappa shape index (κ1) is 12.1. The van der Waals surface area contributed by atoms with Gasteiger partial charge in [-0.05, 0) is 12.6 Å². The van der Waals surface area contributed by atoms with E-state index in [1.807, 2.05) is 30.3 Å². The number of aliphatic carboxylic acids is 1. The number of benzene rings is 1. The lowest BCUT2D eigenvalue weighted by atomic mass is 10.2. The summed E-state index contributed by atoms with van der Waals surface area (Å²) in [5.74, 6) is 0.644. The molecule has 0 saturated heterocycles. The molecule has 1 atom stereocenters. The highest BCUT2D eigenvalue weighted by atomic mass is 32.2. The minimum atomic E-state index is -0.793. The topological polar surface area (TPSA) is 49.3 Å². The van der Waals surface area contributed by atoms with Crippen LogP contribution < -0.4 is 5.32 Å². The van der Waals surface area contributed by atoms with Gasteiger partial charge in [0.15, 0.2) is 0 Å². The molecule has 0 radical (unpaired) electrons. The maximum Gasteiger partial charge on any atom is 0.321 e.